The summed E-state index contributed by atoms with van der Waals surface area (Å²) in [6, 6.07) is 17.1. The monoisotopic (exact) mass is 254 g/mol. The molecule has 2 aromatic carbocycles. The second kappa shape index (κ2) is 6.86. The van der Waals surface area contributed by atoms with Gasteiger partial charge in [-0.2, -0.15) is 0 Å². The predicted octanol–water partition coefficient (Wildman–Crippen LogP) is 3.23. The van der Waals surface area contributed by atoms with Gasteiger partial charge in [0.2, 0.25) is 0 Å². The minimum Gasteiger partial charge on any atom is -0.396 e. The van der Waals surface area contributed by atoms with E-state index in [9.17, 15) is 4.79 Å². The fraction of sp³-hybridized carbons (Fsp3) is 0.235. The Kier molecular flexibility index (Phi) is 4.87. The van der Waals surface area contributed by atoms with Crippen molar-refractivity contribution in [3.8, 4) is 0 Å². The second-order valence-electron chi connectivity index (χ2n) is 4.57. The van der Waals surface area contributed by atoms with Crippen LogP contribution >= 0.6 is 0 Å². The second-order valence-corrected chi connectivity index (χ2v) is 4.57. The number of carbonyl (C=O) groups is 1. The third-order valence-electron chi connectivity index (χ3n) is 3.13. The summed E-state index contributed by atoms with van der Waals surface area (Å²) in [5.41, 5.74) is 2.64. The predicted molar refractivity (Wildman–Crippen MR) is 76.3 cm³/mol. The van der Waals surface area contributed by atoms with Gasteiger partial charge in [0.1, 0.15) is 0 Å². The largest absolute Gasteiger partial charge is 0.396 e. The third-order valence-corrected chi connectivity index (χ3v) is 3.13. The minimum absolute atomic E-state index is 0.0579. The van der Waals surface area contributed by atoms with Crippen LogP contribution in [0.15, 0.2) is 54.6 Å². The molecule has 0 saturated carbocycles. The van der Waals surface area contributed by atoms with E-state index in [1.54, 1.807) is 0 Å². The van der Waals surface area contributed by atoms with Crippen LogP contribution < -0.4 is 0 Å². The molecule has 0 amide bonds. The average molecular weight is 254 g/mol. The molecule has 2 heteroatoms. The highest BCUT2D eigenvalue weighted by Gasteiger charge is 2.07. The molecule has 0 spiro atoms. The summed E-state index contributed by atoms with van der Waals surface area (Å²) in [7, 11) is 0. The number of rotatable bonds is 6. The molecule has 0 bridgehead atoms. The first-order chi connectivity index (χ1) is 9.31. The molecule has 0 atom stereocenters. The lowest BCUT2D eigenvalue weighted by Gasteiger charge is -2.04. The number of aliphatic hydroxyl groups is 1. The zero-order valence-electron chi connectivity index (χ0n) is 10.9. The van der Waals surface area contributed by atoms with Crippen LogP contribution in [0.25, 0.3) is 0 Å². The number of carbonyl (C=O) groups excluding carboxylic acids is 1. The highest BCUT2D eigenvalue weighted by atomic mass is 16.2. The van der Waals surface area contributed by atoms with Gasteiger partial charge in [0.05, 0.1) is 0 Å². The summed E-state index contributed by atoms with van der Waals surface area (Å²) in [4.78, 5) is 12.2. The van der Waals surface area contributed by atoms with Gasteiger partial charge < -0.3 is 5.11 Å². The lowest BCUT2D eigenvalue weighted by atomic mass is 10.0. The van der Waals surface area contributed by atoms with E-state index in [-0.39, 0.29) is 12.4 Å². The number of aryl methyl sites for hydroxylation is 1. The van der Waals surface area contributed by atoms with Crippen molar-refractivity contribution in [2.24, 2.45) is 0 Å². The molecule has 0 heterocycles. The first-order valence-electron chi connectivity index (χ1n) is 6.61. The molecule has 0 aliphatic carbocycles. The maximum atomic E-state index is 12.2. The lowest BCUT2D eigenvalue weighted by molar-refractivity contribution is 0.103. The van der Waals surface area contributed by atoms with Crippen molar-refractivity contribution in [1.29, 1.82) is 0 Å². The Morgan fingerprint density at radius 1 is 0.842 bits per heavy atom. The highest BCUT2D eigenvalue weighted by molar-refractivity contribution is 6.08. The van der Waals surface area contributed by atoms with E-state index in [1.807, 2.05) is 54.6 Å². The van der Waals surface area contributed by atoms with Crippen LogP contribution in [0.1, 0.15) is 34.3 Å². The van der Waals surface area contributed by atoms with Gasteiger partial charge in [-0.15, -0.1) is 0 Å². The van der Waals surface area contributed by atoms with Crippen molar-refractivity contribution >= 4 is 5.78 Å². The van der Waals surface area contributed by atoms with Gasteiger partial charge in [-0.05, 0) is 24.8 Å². The Bertz CT molecular complexity index is 515. The Morgan fingerprint density at radius 3 is 2.11 bits per heavy atom. The molecule has 98 valence electrons. The number of hydrogen-bond acceptors (Lipinski definition) is 2. The maximum absolute atomic E-state index is 12.2. The summed E-state index contributed by atoms with van der Waals surface area (Å²) in [6.07, 6.45) is 2.74. The zero-order chi connectivity index (χ0) is 13.5. The van der Waals surface area contributed by atoms with E-state index < -0.39 is 0 Å². The Balaban J connectivity index is 2.04. The zero-order valence-corrected chi connectivity index (χ0v) is 10.9. The lowest BCUT2D eigenvalue weighted by Crippen LogP contribution is -2.01. The molecule has 0 saturated heterocycles. The molecule has 2 rings (SSSR count). The molecule has 2 nitrogen and oxygen atoms in total. The Labute approximate surface area is 113 Å². The first-order valence-corrected chi connectivity index (χ1v) is 6.61. The van der Waals surface area contributed by atoms with Gasteiger partial charge in [-0.1, -0.05) is 54.6 Å². The summed E-state index contributed by atoms with van der Waals surface area (Å²) >= 11 is 0. The van der Waals surface area contributed by atoms with Crippen molar-refractivity contribution in [1.82, 2.24) is 0 Å². The third kappa shape index (κ3) is 3.76. The molecule has 0 unspecified atom stereocenters. The summed E-state index contributed by atoms with van der Waals surface area (Å²) in [5.74, 6) is 0.0579. The van der Waals surface area contributed by atoms with E-state index in [0.29, 0.717) is 0 Å². The molecular formula is C17H18O2. The summed E-state index contributed by atoms with van der Waals surface area (Å²) in [5, 5.41) is 8.74. The van der Waals surface area contributed by atoms with E-state index in [1.165, 1.54) is 5.56 Å². The van der Waals surface area contributed by atoms with Crippen molar-refractivity contribution in [2.45, 2.75) is 19.3 Å². The molecule has 0 radical (unpaired) electrons. The van der Waals surface area contributed by atoms with Gasteiger partial charge in [0.15, 0.2) is 5.78 Å². The van der Waals surface area contributed by atoms with E-state index >= 15 is 0 Å². The Morgan fingerprint density at radius 2 is 1.47 bits per heavy atom. The number of aliphatic hydroxyl groups excluding tert-OH is 1. The molecule has 19 heavy (non-hydrogen) atoms. The molecule has 2 aromatic rings. The van der Waals surface area contributed by atoms with Gasteiger partial charge in [-0.25, -0.2) is 0 Å². The highest BCUT2D eigenvalue weighted by Crippen LogP contribution is 2.12. The number of ketones is 1. The minimum atomic E-state index is 0.0579. The topological polar surface area (TPSA) is 37.3 Å². The normalized spacial score (nSPS) is 10.4. The van der Waals surface area contributed by atoms with Crippen LogP contribution in [-0.2, 0) is 6.42 Å². The number of hydrogen-bond donors (Lipinski definition) is 1. The van der Waals surface area contributed by atoms with Crippen molar-refractivity contribution in [2.75, 3.05) is 6.61 Å². The standard InChI is InChI=1S/C17H18O2/c18-13-5-4-6-14-9-11-16(12-10-14)17(19)15-7-2-1-3-8-15/h1-3,7-12,18H,4-6,13H2. The Hall–Kier alpha value is -1.93. The van der Waals surface area contributed by atoms with Crippen LogP contribution in [-0.4, -0.2) is 17.5 Å². The van der Waals surface area contributed by atoms with Crippen LogP contribution in [0, 0.1) is 0 Å². The fourth-order valence-electron chi connectivity index (χ4n) is 2.02. The van der Waals surface area contributed by atoms with E-state index in [0.717, 1.165) is 30.4 Å². The van der Waals surface area contributed by atoms with Gasteiger partial charge in [0.25, 0.3) is 0 Å². The quantitative estimate of drug-likeness (QED) is 0.634. The smallest absolute Gasteiger partial charge is 0.193 e. The van der Waals surface area contributed by atoms with Crippen LogP contribution in [0.3, 0.4) is 0 Å². The number of benzene rings is 2. The van der Waals surface area contributed by atoms with Crippen molar-refractivity contribution in [3.05, 3.63) is 71.3 Å². The maximum Gasteiger partial charge on any atom is 0.193 e. The van der Waals surface area contributed by atoms with Crippen LogP contribution in [0.4, 0.5) is 0 Å². The fourth-order valence-corrected chi connectivity index (χ4v) is 2.02. The SMILES string of the molecule is O=C(c1ccccc1)c1ccc(CCCCO)cc1. The molecule has 0 aromatic heterocycles. The van der Waals surface area contributed by atoms with Gasteiger partial charge in [-0.3, -0.25) is 4.79 Å². The van der Waals surface area contributed by atoms with Crippen molar-refractivity contribution in [3.63, 3.8) is 0 Å². The first kappa shape index (κ1) is 13.5. The summed E-state index contributed by atoms with van der Waals surface area (Å²) < 4.78 is 0. The average Bonchev–Trinajstić information content (AvgIpc) is 2.48. The van der Waals surface area contributed by atoms with Crippen molar-refractivity contribution < 1.29 is 9.90 Å². The molecule has 0 fully saturated rings. The van der Waals surface area contributed by atoms with Gasteiger partial charge >= 0.3 is 0 Å². The van der Waals surface area contributed by atoms with E-state index in [2.05, 4.69) is 0 Å². The number of unbranched alkanes of at least 4 members (excludes halogenated alkanes) is 1. The van der Waals surface area contributed by atoms with E-state index in [4.69, 9.17) is 5.11 Å². The van der Waals surface area contributed by atoms with Crippen LogP contribution in [0.2, 0.25) is 0 Å². The van der Waals surface area contributed by atoms with Crippen LogP contribution in [0.5, 0.6) is 0 Å². The molecule has 0 aliphatic heterocycles. The molecule has 1 N–H and O–H groups in total. The molecular weight excluding hydrogens is 236 g/mol. The summed E-state index contributed by atoms with van der Waals surface area (Å²) in [6.45, 7) is 0.241. The van der Waals surface area contributed by atoms with Gasteiger partial charge in [0, 0.05) is 17.7 Å². The molecule has 0 aliphatic rings.